The lowest BCUT2D eigenvalue weighted by Gasteiger charge is -2.50. The number of nitrogens with zero attached hydrogens (tertiary/aromatic N) is 2. The van der Waals surface area contributed by atoms with Crippen LogP contribution in [0.25, 0.3) is 0 Å². The van der Waals surface area contributed by atoms with Gasteiger partial charge in [0.2, 0.25) is 17.6 Å². The van der Waals surface area contributed by atoms with Gasteiger partial charge >= 0.3 is 0 Å². The third-order valence-corrected chi connectivity index (χ3v) is 11.6. The van der Waals surface area contributed by atoms with Crippen LogP contribution in [-0.2, 0) is 19.2 Å². The number of phenolic OH excluding ortho intramolecular Hbond substituents is 1. The minimum atomic E-state index is -2.00. The quantitative estimate of drug-likeness (QED) is 0.194. The molecule has 0 aromatic heterocycles. The van der Waals surface area contributed by atoms with E-state index in [4.69, 9.17) is 44.3 Å². The van der Waals surface area contributed by atoms with Gasteiger partial charge in [-0.2, -0.15) is 0 Å². The van der Waals surface area contributed by atoms with E-state index in [0.29, 0.717) is 21.8 Å². The molecule has 4 aliphatic rings. The van der Waals surface area contributed by atoms with E-state index in [-0.39, 0.29) is 41.5 Å². The largest absolute Gasteiger partial charge is 0.502 e. The maximum absolute atomic E-state index is 14.1. The van der Waals surface area contributed by atoms with Gasteiger partial charge in [0.1, 0.15) is 0 Å². The minimum absolute atomic E-state index is 0.0508. The molecule has 2 saturated heterocycles. The van der Waals surface area contributed by atoms with Crippen molar-refractivity contribution in [2.24, 2.45) is 17.8 Å². The monoisotopic (exact) mass is 710 g/mol. The van der Waals surface area contributed by atoms with Crippen molar-refractivity contribution in [3.63, 3.8) is 0 Å². The average Bonchev–Trinajstić information content (AvgIpc) is 3.32. The fraction of sp³-hybridized carbons (Fsp3) is 0.400. The number of rotatable bonds is 5. The van der Waals surface area contributed by atoms with Gasteiger partial charge in [0.25, 0.3) is 11.8 Å². The van der Waals surface area contributed by atoms with E-state index < -0.39 is 51.1 Å². The number of carbonyl (C=O) groups excluding carboxylic acids is 4. The number of carbonyl (C=O) groups is 4. The molecule has 1 saturated carbocycles. The maximum Gasteiger partial charge on any atom is 0.254 e. The van der Waals surface area contributed by atoms with Crippen molar-refractivity contribution in [3.8, 4) is 17.2 Å². The lowest BCUT2D eigenvalue weighted by atomic mass is 9.56. The number of phenols is 1. The van der Waals surface area contributed by atoms with Crippen LogP contribution in [0, 0.1) is 24.7 Å². The highest BCUT2D eigenvalue weighted by molar-refractivity contribution is 9.09. The second kappa shape index (κ2) is 10.4. The van der Waals surface area contributed by atoms with Crippen LogP contribution in [0.5, 0.6) is 17.2 Å². The lowest BCUT2D eigenvalue weighted by molar-refractivity contribution is -0.138. The van der Waals surface area contributed by atoms with Crippen molar-refractivity contribution in [2.75, 3.05) is 24.6 Å². The summed E-state index contributed by atoms with van der Waals surface area (Å²) in [4.78, 5) is 53.8. The molecule has 4 amide bonds. The second-order valence-electron chi connectivity index (χ2n) is 11.2. The van der Waals surface area contributed by atoms with E-state index in [1.165, 1.54) is 26.4 Å². The second-order valence-corrected chi connectivity index (χ2v) is 13.4. The van der Waals surface area contributed by atoms with Gasteiger partial charge in [-0.05, 0) is 61.1 Å². The van der Waals surface area contributed by atoms with E-state index in [9.17, 15) is 24.3 Å². The molecule has 6 unspecified atom stereocenters. The third-order valence-electron chi connectivity index (χ3n) is 9.26. The highest BCUT2D eigenvalue weighted by atomic mass is 79.9. The number of hydrogen-bond acceptors (Lipinski definition) is 7. The highest BCUT2D eigenvalue weighted by Crippen LogP contribution is 2.66. The van der Waals surface area contributed by atoms with Crippen molar-refractivity contribution in [3.05, 3.63) is 58.1 Å². The zero-order valence-corrected chi connectivity index (χ0v) is 27.1. The number of alkyl halides is 3. The summed E-state index contributed by atoms with van der Waals surface area (Å²) in [5.41, 5.74) is 2.00. The van der Waals surface area contributed by atoms with Gasteiger partial charge in [-0.1, -0.05) is 45.2 Å². The molecular weight excluding hydrogens is 687 g/mol. The van der Waals surface area contributed by atoms with Gasteiger partial charge in [0, 0.05) is 10.9 Å². The first kappa shape index (κ1) is 30.2. The molecule has 2 aliphatic heterocycles. The summed E-state index contributed by atoms with van der Waals surface area (Å²) in [6.45, 7) is 1.82. The van der Waals surface area contributed by atoms with Crippen LogP contribution in [0.2, 0.25) is 5.02 Å². The lowest BCUT2D eigenvalue weighted by Crippen LogP contribution is -2.60. The third kappa shape index (κ3) is 3.95. The van der Waals surface area contributed by atoms with E-state index in [0.717, 1.165) is 15.4 Å². The molecule has 0 bridgehead atoms. The molecule has 226 valence electrons. The van der Waals surface area contributed by atoms with Crippen molar-refractivity contribution < 1.29 is 33.8 Å². The Kier molecular flexibility index (Phi) is 7.31. The Morgan fingerprint density at radius 3 is 2.23 bits per heavy atom. The molecule has 2 aliphatic carbocycles. The predicted molar refractivity (Wildman–Crippen MR) is 163 cm³/mol. The molecule has 3 fully saturated rings. The number of likely N-dealkylation sites (tertiary alicyclic amines) is 1. The zero-order valence-electron chi connectivity index (χ0n) is 23.2. The topological polar surface area (TPSA) is 113 Å². The number of aromatic hydroxyl groups is 1. The maximum atomic E-state index is 14.1. The molecule has 2 heterocycles. The van der Waals surface area contributed by atoms with Crippen LogP contribution in [0.3, 0.4) is 0 Å². The molecular formula is C30H26BrCl3N2O7. The number of hydrogen-bond donors (Lipinski definition) is 1. The number of methoxy groups -OCH3 is 2. The van der Waals surface area contributed by atoms with E-state index in [1.54, 1.807) is 18.2 Å². The molecule has 2 aromatic rings. The number of allylic oxidation sites excluding steroid dienone is 2. The van der Waals surface area contributed by atoms with Gasteiger partial charge in [0.15, 0.2) is 21.2 Å². The van der Waals surface area contributed by atoms with Crippen LogP contribution in [0.4, 0.5) is 5.69 Å². The summed E-state index contributed by atoms with van der Waals surface area (Å²) in [7, 11) is 2.72. The highest BCUT2D eigenvalue weighted by Gasteiger charge is 2.76. The number of anilines is 1. The number of aryl methyl sites for hydroxylation is 1. The van der Waals surface area contributed by atoms with E-state index in [1.807, 2.05) is 13.0 Å². The molecule has 0 spiro atoms. The van der Waals surface area contributed by atoms with Gasteiger partial charge in [-0.3, -0.25) is 24.1 Å². The molecule has 43 heavy (non-hydrogen) atoms. The summed E-state index contributed by atoms with van der Waals surface area (Å²) < 4.78 is 10.8. The standard InChI is InChI=1S/C30H26BrCl3N2O7/c1-13-4-5-15(10-19(13)32)36-25(38)17-7-6-16-18(22(17)26(36)39)11-29(33)27(40)35(12-31)28(41)30(29,34)23(16)14-8-20(42-2)24(37)21(9-14)43-3/h4-6,8-10,17-18,22-23,37H,7,11-12H2,1-3H3. The summed E-state index contributed by atoms with van der Waals surface area (Å²) in [5.74, 6) is -5.72. The molecule has 2 aromatic carbocycles. The fourth-order valence-electron chi connectivity index (χ4n) is 7.18. The summed E-state index contributed by atoms with van der Waals surface area (Å²) in [5, 5.41) is 11.0. The first-order valence-corrected chi connectivity index (χ1v) is 15.7. The summed E-state index contributed by atoms with van der Waals surface area (Å²) >= 11 is 24.1. The smallest absolute Gasteiger partial charge is 0.254 e. The van der Waals surface area contributed by atoms with Crippen molar-refractivity contribution in [2.45, 2.75) is 35.4 Å². The fourth-order valence-corrected chi connectivity index (χ4v) is 8.78. The molecule has 6 atom stereocenters. The van der Waals surface area contributed by atoms with Gasteiger partial charge in [0.05, 0.1) is 37.2 Å². The normalized spacial score (nSPS) is 31.6. The van der Waals surface area contributed by atoms with Crippen LogP contribution < -0.4 is 14.4 Å². The summed E-state index contributed by atoms with van der Waals surface area (Å²) in [6.07, 6.45) is 1.88. The Balaban J connectivity index is 1.54. The Labute approximate surface area is 270 Å². The predicted octanol–water partition coefficient (Wildman–Crippen LogP) is 5.29. The zero-order chi connectivity index (χ0) is 31.2. The van der Waals surface area contributed by atoms with E-state index in [2.05, 4.69) is 15.9 Å². The number of halogens is 4. The number of fused-ring (bicyclic) bond motifs is 4. The number of benzene rings is 2. The van der Waals surface area contributed by atoms with E-state index >= 15 is 0 Å². The Hall–Kier alpha value is -2.79. The van der Waals surface area contributed by atoms with Crippen LogP contribution >= 0.6 is 50.7 Å². The Morgan fingerprint density at radius 2 is 1.65 bits per heavy atom. The van der Waals surface area contributed by atoms with Crippen molar-refractivity contribution in [1.29, 1.82) is 0 Å². The first-order chi connectivity index (χ1) is 20.3. The molecule has 1 N–H and O–H groups in total. The van der Waals surface area contributed by atoms with Gasteiger partial charge in [-0.15, -0.1) is 23.2 Å². The van der Waals surface area contributed by atoms with Gasteiger partial charge < -0.3 is 14.6 Å². The molecule has 13 heteroatoms. The molecule has 9 nitrogen and oxygen atoms in total. The molecule has 6 rings (SSSR count). The van der Waals surface area contributed by atoms with Crippen LogP contribution in [-0.4, -0.2) is 63.1 Å². The first-order valence-electron chi connectivity index (χ1n) is 13.4. The van der Waals surface area contributed by atoms with Crippen LogP contribution in [0.1, 0.15) is 29.9 Å². The molecule has 0 radical (unpaired) electrons. The van der Waals surface area contributed by atoms with Gasteiger partial charge in [-0.25, -0.2) is 4.90 Å². The summed E-state index contributed by atoms with van der Waals surface area (Å²) in [6, 6.07) is 8.00. The Morgan fingerprint density at radius 1 is 1.00 bits per heavy atom. The minimum Gasteiger partial charge on any atom is -0.502 e. The number of amides is 4. The van der Waals surface area contributed by atoms with Crippen LogP contribution in [0.15, 0.2) is 42.0 Å². The van der Waals surface area contributed by atoms with Crippen molar-refractivity contribution in [1.82, 2.24) is 4.90 Å². The number of ether oxygens (including phenoxy) is 2. The van der Waals surface area contributed by atoms with Crippen molar-refractivity contribution >= 4 is 80.0 Å². The average molecular weight is 713 g/mol. The Bertz CT molecular complexity index is 1620. The number of imide groups is 2. The SMILES string of the molecule is COc1cc(C2C3=CCC4C(=O)N(c5ccc(C)c(Cl)c5)C(=O)C4C3CC3(Cl)C(=O)N(CBr)C(=O)C23Cl)cc(OC)c1O.